The van der Waals surface area contributed by atoms with Gasteiger partial charge in [0.2, 0.25) is 0 Å². The number of amides is 1. The van der Waals surface area contributed by atoms with Gasteiger partial charge < -0.3 is 9.80 Å². The molecule has 0 saturated carbocycles. The molecule has 0 unspecified atom stereocenters. The van der Waals surface area contributed by atoms with Crippen LogP contribution in [0.25, 0.3) is 15.8 Å². The maximum Gasteiger partial charge on any atom is 0.292 e. The van der Waals surface area contributed by atoms with E-state index in [1.54, 1.807) is 35.4 Å². The molecule has 9 heteroatoms. The third-order valence-electron chi connectivity index (χ3n) is 5.53. The molecule has 4 aromatic rings. The van der Waals surface area contributed by atoms with E-state index in [0.717, 1.165) is 4.70 Å². The highest BCUT2D eigenvalue weighted by Crippen LogP contribution is 2.29. The van der Waals surface area contributed by atoms with Crippen molar-refractivity contribution in [3.05, 3.63) is 86.9 Å². The van der Waals surface area contributed by atoms with E-state index in [2.05, 4.69) is 5.10 Å². The number of fused-ring (bicyclic) bond motifs is 1. The van der Waals surface area contributed by atoms with Crippen LogP contribution in [0.5, 0.6) is 0 Å². The molecule has 162 valence electrons. The first kappa shape index (κ1) is 20.7. The van der Waals surface area contributed by atoms with Crippen molar-refractivity contribution in [2.75, 3.05) is 31.1 Å². The van der Waals surface area contributed by atoms with Gasteiger partial charge in [-0.25, -0.2) is 4.39 Å². The Hall–Kier alpha value is -3.23. The van der Waals surface area contributed by atoms with Crippen LogP contribution >= 0.6 is 22.9 Å². The highest BCUT2D eigenvalue weighted by Gasteiger charge is 2.26. The Morgan fingerprint density at radius 2 is 1.78 bits per heavy atom. The van der Waals surface area contributed by atoms with Crippen LogP contribution in [0, 0.1) is 5.82 Å². The zero-order valence-corrected chi connectivity index (χ0v) is 18.4. The van der Waals surface area contributed by atoms with Gasteiger partial charge in [0.05, 0.1) is 22.4 Å². The predicted molar refractivity (Wildman–Crippen MR) is 125 cm³/mol. The second-order valence-electron chi connectivity index (χ2n) is 7.44. The molecule has 6 nitrogen and oxygen atoms in total. The van der Waals surface area contributed by atoms with E-state index >= 15 is 0 Å². The van der Waals surface area contributed by atoms with Crippen LogP contribution in [0.3, 0.4) is 0 Å². The lowest BCUT2D eigenvalue weighted by molar-refractivity contribution is 0.0751. The molecule has 1 fully saturated rings. The van der Waals surface area contributed by atoms with Gasteiger partial charge in [-0.05, 0) is 30.3 Å². The largest absolute Gasteiger partial charge is 0.365 e. The van der Waals surface area contributed by atoms with Gasteiger partial charge in [0.1, 0.15) is 10.8 Å². The number of benzene rings is 2. The number of nitrogens with zero attached hydrogens (tertiary/aromatic N) is 4. The summed E-state index contributed by atoms with van der Waals surface area (Å²) in [5, 5.41) is 4.85. The molecule has 3 heterocycles. The van der Waals surface area contributed by atoms with Crippen LogP contribution < -0.4 is 10.5 Å². The Bertz CT molecular complexity index is 1360. The summed E-state index contributed by atoms with van der Waals surface area (Å²) >= 11 is 7.70. The number of piperazine rings is 1. The number of aromatic nitrogens is 2. The Kier molecular flexibility index (Phi) is 5.40. The van der Waals surface area contributed by atoms with Gasteiger partial charge in [-0.2, -0.15) is 9.78 Å². The monoisotopic (exact) mass is 468 g/mol. The zero-order chi connectivity index (χ0) is 22.2. The zero-order valence-electron chi connectivity index (χ0n) is 16.9. The molecule has 5 rings (SSSR count). The summed E-state index contributed by atoms with van der Waals surface area (Å²) in [5.41, 5.74) is 0.808. The van der Waals surface area contributed by atoms with Crippen molar-refractivity contribution in [1.82, 2.24) is 14.7 Å². The SMILES string of the molecule is O=C(c1cc2c(F)cccc2s1)N1CCN(c2cnn(-c3ccccc3)c(=O)c2Cl)CC1. The number of carbonyl (C=O) groups is 1. The molecule has 0 aliphatic carbocycles. The molecule has 1 aliphatic heterocycles. The van der Waals surface area contributed by atoms with E-state index in [1.807, 2.05) is 29.2 Å². The van der Waals surface area contributed by atoms with Crippen molar-refractivity contribution in [3.63, 3.8) is 0 Å². The number of thiophene rings is 1. The van der Waals surface area contributed by atoms with Crippen molar-refractivity contribution >= 4 is 44.6 Å². The smallest absolute Gasteiger partial charge is 0.292 e. The number of para-hydroxylation sites is 1. The molecule has 1 saturated heterocycles. The molecule has 0 bridgehead atoms. The molecule has 2 aromatic heterocycles. The third kappa shape index (κ3) is 3.65. The number of halogens is 2. The lowest BCUT2D eigenvalue weighted by Gasteiger charge is -2.36. The Labute approximate surface area is 192 Å². The average Bonchev–Trinajstić information content (AvgIpc) is 3.27. The summed E-state index contributed by atoms with van der Waals surface area (Å²) in [7, 11) is 0. The highest BCUT2D eigenvalue weighted by molar-refractivity contribution is 7.20. The highest BCUT2D eigenvalue weighted by atomic mass is 35.5. The van der Waals surface area contributed by atoms with Crippen molar-refractivity contribution in [3.8, 4) is 5.69 Å². The van der Waals surface area contributed by atoms with Gasteiger partial charge in [-0.15, -0.1) is 11.3 Å². The lowest BCUT2D eigenvalue weighted by atomic mass is 10.2. The molecule has 1 aliphatic rings. The first-order valence-electron chi connectivity index (χ1n) is 10.1. The summed E-state index contributed by atoms with van der Waals surface area (Å²) in [6.07, 6.45) is 1.59. The summed E-state index contributed by atoms with van der Waals surface area (Å²) < 4.78 is 16.0. The first-order valence-corrected chi connectivity index (χ1v) is 11.3. The minimum absolute atomic E-state index is 0.101. The maximum atomic E-state index is 14.0. The summed E-state index contributed by atoms with van der Waals surface area (Å²) in [5.74, 6) is -0.441. The second kappa shape index (κ2) is 8.37. The van der Waals surface area contributed by atoms with Crippen LogP contribution in [-0.4, -0.2) is 46.8 Å². The average molecular weight is 469 g/mol. The van der Waals surface area contributed by atoms with Gasteiger partial charge >= 0.3 is 0 Å². The fourth-order valence-corrected chi connectivity index (χ4v) is 5.13. The number of rotatable bonds is 3. The van der Waals surface area contributed by atoms with E-state index in [9.17, 15) is 14.0 Å². The van der Waals surface area contributed by atoms with Crippen LogP contribution in [0.1, 0.15) is 9.67 Å². The maximum absolute atomic E-state index is 14.0. The third-order valence-corrected chi connectivity index (χ3v) is 6.97. The van der Waals surface area contributed by atoms with Crippen molar-refractivity contribution < 1.29 is 9.18 Å². The van der Waals surface area contributed by atoms with Gasteiger partial charge in [0.25, 0.3) is 11.5 Å². The van der Waals surface area contributed by atoms with Crippen LogP contribution in [0.4, 0.5) is 10.1 Å². The molecule has 0 radical (unpaired) electrons. The quantitative estimate of drug-likeness (QED) is 0.452. The van der Waals surface area contributed by atoms with Crippen LogP contribution in [-0.2, 0) is 0 Å². The molecule has 0 N–H and O–H groups in total. The van der Waals surface area contributed by atoms with Crippen molar-refractivity contribution in [2.45, 2.75) is 0 Å². The molecule has 0 atom stereocenters. The van der Waals surface area contributed by atoms with Gasteiger partial charge in [-0.1, -0.05) is 35.9 Å². The minimum Gasteiger partial charge on any atom is -0.365 e. The van der Waals surface area contributed by atoms with E-state index in [1.165, 1.54) is 22.1 Å². The van der Waals surface area contributed by atoms with Gasteiger partial charge in [0, 0.05) is 36.3 Å². The second-order valence-corrected chi connectivity index (χ2v) is 8.90. The standard InChI is InChI=1S/C23H18ClFN4O2S/c24-21-18(14-26-29(23(21)31)15-5-2-1-3-6-15)27-9-11-28(12-10-27)22(30)20-13-16-17(25)7-4-8-19(16)32-20/h1-8,13-14H,9-12H2. The van der Waals surface area contributed by atoms with Crippen LogP contribution in [0.15, 0.2) is 65.6 Å². The summed E-state index contributed by atoms with van der Waals surface area (Å²) in [6, 6.07) is 15.6. The Morgan fingerprint density at radius 3 is 2.50 bits per heavy atom. The fourth-order valence-electron chi connectivity index (χ4n) is 3.83. The predicted octanol–water partition coefficient (Wildman–Crippen LogP) is 4.20. The fraction of sp³-hybridized carbons (Fsp3) is 0.174. The van der Waals surface area contributed by atoms with Crippen molar-refractivity contribution in [2.24, 2.45) is 0 Å². The lowest BCUT2D eigenvalue weighted by Crippen LogP contribution is -2.49. The van der Waals surface area contributed by atoms with Gasteiger partial charge in [0.15, 0.2) is 0 Å². The van der Waals surface area contributed by atoms with Gasteiger partial charge in [-0.3, -0.25) is 9.59 Å². The molecule has 0 spiro atoms. The number of carbonyl (C=O) groups excluding carboxylic acids is 1. The van der Waals surface area contributed by atoms with Crippen molar-refractivity contribution in [1.29, 1.82) is 0 Å². The van der Waals surface area contributed by atoms with Crippen LogP contribution in [0.2, 0.25) is 5.02 Å². The van der Waals surface area contributed by atoms with E-state index in [0.29, 0.717) is 47.8 Å². The minimum atomic E-state index is -0.388. The number of anilines is 1. The summed E-state index contributed by atoms with van der Waals surface area (Å²) in [4.78, 5) is 29.9. The topological polar surface area (TPSA) is 58.4 Å². The molecule has 32 heavy (non-hydrogen) atoms. The molecule has 1 amide bonds. The Balaban J connectivity index is 1.32. The van der Waals surface area contributed by atoms with E-state index in [-0.39, 0.29) is 22.3 Å². The normalized spacial score (nSPS) is 14.2. The van der Waals surface area contributed by atoms with E-state index in [4.69, 9.17) is 11.6 Å². The Morgan fingerprint density at radius 1 is 1.03 bits per heavy atom. The van der Waals surface area contributed by atoms with E-state index < -0.39 is 0 Å². The number of hydrogen-bond donors (Lipinski definition) is 0. The first-order chi connectivity index (χ1) is 15.5. The number of hydrogen-bond acceptors (Lipinski definition) is 5. The molecular formula is C23H18ClFN4O2S. The molecule has 2 aromatic carbocycles. The summed E-state index contributed by atoms with van der Waals surface area (Å²) in [6.45, 7) is 1.96. The molecular weight excluding hydrogens is 451 g/mol.